The number of anilines is 1. The number of nitrogens with one attached hydrogen (secondary N) is 1. The molecular weight excluding hydrogens is 403 g/mol. The van der Waals surface area contributed by atoms with Gasteiger partial charge in [-0.3, -0.25) is 9.59 Å². The Labute approximate surface area is 140 Å². The second kappa shape index (κ2) is 6.91. The van der Waals surface area contributed by atoms with Gasteiger partial charge < -0.3 is 11.1 Å². The van der Waals surface area contributed by atoms with Gasteiger partial charge in [0.2, 0.25) is 5.91 Å². The summed E-state index contributed by atoms with van der Waals surface area (Å²) < 4.78 is 0.875. The van der Waals surface area contributed by atoms with E-state index in [0.29, 0.717) is 21.8 Å². The number of para-hydroxylation sites is 1. The van der Waals surface area contributed by atoms with Gasteiger partial charge in [0.1, 0.15) is 0 Å². The molecule has 4 nitrogen and oxygen atoms in total. The molecule has 2 amide bonds. The van der Waals surface area contributed by atoms with Crippen LogP contribution >= 0.6 is 34.2 Å². The van der Waals surface area contributed by atoms with Crippen molar-refractivity contribution < 1.29 is 9.59 Å². The third-order valence-corrected chi connectivity index (χ3v) is 4.38. The lowest BCUT2D eigenvalue weighted by atomic mass is 10.1. The molecule has 2 rings (SSSR count). The van der Waals surface area contributed by atoms with E-state index < -0.39 is 5.91 Å². The number of hydrogen-bond donors (Lipinski definition) is 2. The van der Waals surface area contributed by atoms with Crippen LogP contribution in [0, 0.1) is 3.57 Å². The van der Waals surface area contributed by atoms with E-state index in [1.807, 2.05) is 0 Å². The maximum absolute atomic E-state index is 12.2. The van der Waals surface area contributed by atoms with E-state index in [1.54, 1.807) is 42.5 Å². The molecule has 0 aromatic heterocycles. The van der Waals surface area contributed by atoms with Crippen LogP contribution in [-0.2, 0) is 11.2 Å². The van der Waals surface area contributed by atoms with Crippen LogP contribution in [0.4, 0.5) is 5.69 Å². The fourth-order valence-electron chi connectivity index (χ4n) is 1.82. The van der Waals surface area contributed by atoms with E-state index in [4.69, 9.17) is 17.3 Å². The number of hydrogen-bond acceptors (Lipinski definition) is 2. The Bertz CT molecular complexity index is 704. The van der Waals surface area contributed by atoms with Crippen LogP contribution in [0.2, 0.25) is 5.02 Å². The standard InChI is InChI=1S/C15H12ClIN2O2/c16-11-7-10(5-6-12(11)17)15(21)19-13-4-2-1-3-9(13)8-14(18)20/h1-7H,8H2,(H2,18,20)(H,19,21). The van der Waals surface area contributed by atoms with Gasteiger partial charge >= 0.3 is 0 Å². The topological polar surface area (TPSA) is 72.2 Å². The van der Waals surface area contributed by atoms with Crippen LogP contribution < -0.4 is 11.1 Å². The monoisotopic (exact) mass is 414 g/mol. The van der Waals surface area contributed by atoms with Crippen molar-refractivity contribution in [3.63, 3.8) is 0 Å². The lowest BCUT2D eigenvalue weighted by molar-refractivity contribution is -0.117. The fourth-order valence-corrected chi connectivity index (χ4v) is 2.33. The van der Waals surface area contributed by atoms with Crippen LogP contribution in [-0.4, -0.2) is 11.8 Å². The smallest absolute Gasteiger partial charge is 0.255 e. The van der Waals surface area contributed by atoms with Crippen molar-refractivity contribution in [2.75, 3.05) is 5.32 Å². The highest BCUT2D eigenvalue weighted by Gasteiger charge is 2.11. The van der Waals surface area contributed by atoms with Crippen LogP contribution in [0.25, 0.3) is 0 Å². The van der Waals surface area contributed by atoms with Gasteiger partial charge in [0, 0.05) is 14.8 Å². The van der Waals surface area contributed by atoms with Crippen LogP contribution in [0.15, 0.2) is 42.5 Å². The molecule has 0 spiro atoms. The second-order valence-corrected chi connectivity index (χ2v) is 5.95. The summed E-state index contributed by atoms with van der Waals surface area (Å²) in [5.74, 6) is -0.737. The average molecular weight is 415 g/mol. The van der Waals surface area contributed by atoms with E-state index >= 15 is 0 Å². The molecule has 0 aliphatic heterocycles. The van der Waals surface area contributed by atoms with Gasteiger partial charge in [-0.2, -0.15) is 0 Å². The summed E-state index contributed by atoms with van der Waals surface area (Å²) in [4.78, 5) is 23.3. The molecule has 21 heavy (non-hydrogen) atoms. The average Bonchev–Trinajstić information content (AvgIpc) is 2.43. The van der Waals surface area contributed by atoms with E-state index in [1.165, 1.54) is 0 Å². The molecule has 108 valence electrons. The first-order valence-electron chi connectivity index (χ1n) is 6.10. The molecule has 0 bridgehead atoms. The Balaban J connectivity index is 2.23. The zero-order valence-electron chi connectivity index (χ0n) is 10.9. The summed E-state index contributed by atoms with van der Waals surface area (Å²) >= 11 is 8.10. The number of halogens is 2. The Kier molecular flexibility index (Phi) is 5.19. The number of benzene rings is 2. The normalized spacial score (nSPS) is 10.2. The number of nitrogens with two attached hydrogens (primary N) is 1. The predicted molar refractivity (Wildman–Crippen MR) is 91.5 cm³/mol. The maximum Gasteiger partial charge on any atom is 0.255 e. The minimum atomic E-state index is -0.450. The Morgan fingerprint density at radius 2 is 1.90 bits per heavy atom. The Morgan fingerprint density at radius 1 is 1.19 bits per heavy atom. The number of amides is 2. The largest absolute Gasteiger partial charge is 0.369 e. The summed E-state index contributed by atoms with van der Waals surface area (Å²) in [6.45, 7) is 0. The highest BCUT2D eigenvalue weighted by Crippen LogP contribution is 2.21. The molecule has 0 heterocycles. The zero-order valence-corrected chi connectivity index (χ0v) is 13.8. The van der Waals surface area contributed by atoms with Crippen LogP contribution in [0.1, 0.15) is 15.9 Å². The van der Waals surface area contributed by atoms with Gasteiger partial charge in [0.05, 0.1) is 11.4 Å². The number of rotatable bonds is 4. The molecule has 3 N–H and O–H groups in total. The van der Waals surface area contributed by atoms with Gasteiger partial charge in [-0.15, -0.1) is 0 Å². The van der Waals surface area contributed by atoms with Crippen LogP contribution in [0.3, 0.4) is 0 Å². The summed E-state index contributed by atoms with van der Waals surface area (Å²) in [5.41, 5.74) is 6.90. The van der Waals surface area contributed by atoms with Crippen molar-refractivity contribution in [3.8, 4) is 0 Å². The first-order valence-corrected chi connectivity index (χ1v) is 7.55. The molecule has 0 aliphatic carbocycles. The van der Waals surface area contributed by atoms with Crippen molar-refractivity contribution in [3.05, 3.63) is 62.2 Å². The molecule has 2 aromatic rings. The molecule has 0 radical (unpaired) electrons. The first kappa shape index (κ1) is 15.8. The molecular formula is C15H12ClIN2O2. The highest BCUT2D eigenvalue weighted by molar-refractivity contribution is 14.1. The molecule has 0 aliphatic rings. The lowest BCUT2D eigenvalue weighted by Crippen LogP contribution is -2.17. The van der Waals surface area contributed by atoms with Crippen molar-refractivity contribution in [1.82, 2.24) is 0 Å². The summed E-state index contributed by atoms with van der Waals surface area (Å²) in [6, 6.07) is 12.1. The molecule has 0 unspecified atom stereocenters. The number of carbonyl (C=O) groups excluding carboxylic acids is 2. The fraction of sp³-hybridized carbons (Fsp3) is 0.0667. The third-order valence-electron chi connectivity index (χ3n) is 2.81. The first-order chi connectivity index (χ1) is 9.97. The molecule has 0 atom stereocenters. The van der Waals surface area contributed by atoms with Crippen LogP contribution in [0.5, 0.6) is 0 Å². The summed E-state index contributed by atoms with van der Waals surface area (Å²) in [7, 11) is 0. The number of carbonyl (C=O) groups is 2. The van der Waals surface area contributed by atoms with Crippen molar-refractivity contribution in [1.29, 1.82) is 0 Å². The summed E-state index contributed by atoms with van der Waals surface area (Å²) in [5, 5.41) is 3.29. The van der Waals surface area contributed by atoms with Crippen molar-refractivity contribution in [2.24, 2.45) is 5.73 Å². The molecule has 0 fully saturated rings. The second-order valence-electron chi connectivity index (χ2n) is 4.38. The minimum absolute atomic E-state index is 0.0733. The van der Waals surface area contributed by atoms with E-state index in [9.17, 15) is 9.59 Å². The molecule has 0 saturated carbocycles. The molecule has 2 aromatic carbocycles. The van der Waals surface area contributed by atoms with Gasteiger partial charge in [-0.25, -0.2) is 0 Å². The minimum Gasteiger partial charge on any atom is -0.369 e. The van der Waals surface area contributed by atoms with Gasteiger partial charge in [0.25, 0.3) is 5.91 Å². The molecule has 0 saturated heterocycles. The van der Waals surface area contributed by atoms with Gasteiger partial charge in [-0.05, 0) is 52.4 Å². The van der Waals surface area contributed by atoms with Gasteiger partial charge in [-0.1, -0.05) is 29.8 Å². The van der Waals surface area contributed by atoms with Crippen molar-refractivity contribution >= 4 is 51.7 Å². The Hall–Kier alpha value is -1.60. The molecule has 6 heteroatoms. The third kappa shape index (κ3) is 4.18. The number of primary amides is 1. The Morgan fingerprint density at radius 3 is 2.57 bits per heavy atom. The van der Waals surface area contributed by atoms with E-state index in [2.05, 4.69) is 27.9 Å². The van der Waals surface area contributed by atoms with E-state index in [-0.39, 0.29) is 12.3 Å². The van der Waals surface area contributed by atoms with Gasteiger partial charge in [0.15, 0.2) is 0 Å². The zero-order chi connectivity index (χ0) is 15.4. The summed E-state index contributed by atoms with van der Waals surface area (Å²) in [6.07, 6.45) is 0.0733. The SMILES string of the molecule is NC(=O)Cc1ccccc1NC(=O)c1ccc(I)c(Cl)c1. The van der Waals surface area contributed by atoms with Crippen molar-refractivity contribution in [2.45, 2.75) is 6.42 Å². The highest BCUT2D eigenvalue weighted by atomic mass is 127. The predicted octanol–water partition coefficient (Wildman–Crippen LogP) is 3.22. The quantitative estimate of drug-likeness (QED) is 0.754. The van der Waals surface area contributed by atoms with E-state index in [0.717, 1.165) is 3.57 Å². The lowest BCUT2D eigenvalue weighted by Gasteiger charge is -2.10. The maximum atomic E-state index is 12.2.